The normalized spacial score (nSPS) is 17.0. The number of anilines is 1. The van der Waals surface area contributed by atoms with Crippen LogP contribution in [-0.4, -0.2) is 132 Å². The maximum absolute atomic E-state index is 13.6. The van der Waals surface area contributed by atoms with Crippen LogP contribution in [0.25, 0.3) is 0 Å². The van der Waals surface area contributed by atoms with Crippen LogP contribution in [-0.2, 0) is 65.6 Å². The van der Waals surface area contributed by atoms with Crippen LogP contribution in [0.1, 0.15) is 110 Å². The number of hydrogen-bond donors (Lipinski definition) is 3. The molecule has 2 aliphatic rings. The summed E-state index contributed by atoms with van der Waals surface area (Å²) in [7, 11) is -17.1. The quantitative estimate of drug-likeness (QED) is 0.00865. The molecular weight excluding hydrogens is 1290 g/mol. The molecule has 0 saturated heterocycles. The average Bonchev–Trinajstić information content (AvgIpc) is 1.61. The van der Waals surface area contributed by atoms with Gasteiger partial charge in [-0.2, -0.15) is 21.4 Å². The van der Waals surface area contributed by atoms with Gasteiger partial charge in [-0.3, -0.25) is 18.7 Å². The summed E-state index contributed by atoms with van der Waals surface area (Å²) in [5.74, 6) is -2.19. The molecule has 2 heterocycles. The fourth-order valence-electron chi connectivity index (χ4n) is 11.3. The van der Waals surface area contributed by atoms with Gasteiger partial charge < -0.3 is 28.8 Å². The van der Waals surface area contributed by atoms with Gasteiger partial charge in [0.1, 0.15) is 22.4 Å². The van der Waals surface area contributed by atoms with Gasteiger partial charge in [-0.1, -0.05) is 78.9 Å². The standard InChI is InChI=1S/C62H72N3O17PS4.3Na/c1-61(34-18-40-84(69,70)71)52-43-49(86(75,76)77)29-32-54(52)64(57(61)26-14-7-15-27-58-62(2,35-19-41-85(72,73)74)53-44-50(87(78,79)80)30-33-55(53)65(58)38-39-81-3)37-16-8-9-20-46(66)21-17-36-63-59(67)45-28-31-51(60(68)82-4)56(42-45)83(47-22-10-5-11-23-47)48-24-12-6-13-25-48;;;/h5-7,10-15,22-33,42-44H,8-9,16-21,34-41H2,1-4H3,(H4-,63,67,69,70,71,72,73,74,75,76,77,78,79,80);;;/q;3*+1/p-1. The van der Waals surface area contributed by atoms with Gasteiger partial charge in [0.25, 0.3) is 26.1 Å². The molecule has 90 heavy (non-hydrogen) atoms. The Bertz CT molecular complexity index is 3930. The van der Waals surface area contributed by atoms with Crippen LogP contribution in [0.2, 0.25) is 0 Å². The van der Waals surface area contributed by atoms with Crippen molar-refractivity contribution in [1.82, 2.24) is 5.32 Å². The zero-order chi connectivity index (χ0) is 63.4. The minimum absolute atomic E-state index is 0. The summed E-state index contributed by atoms with van der Waals surface area (Å²) in [6, 6.07) is 32.5. The Morgan fingerprint density at radius 2 is 1.29 bits per heavy atom. The van der Waals surface area contributed by atoms with E-state index in [4.69, 9.17) is 9.47 Å². The Labute approximate surface area is 596 Å². The number of nitrogens with zero attached hydrogens (tertiary/aromatic N) is 2. The van der Waals surface area contributed by atoms with Crippen LogP contribution in [0.4, 0.5) is 11.4 Å². The van der Waals surface area contributed by atoms with Crippen molar-refractivity contribution < 1.29 is 169 Å². The molecule has 2 atom stereocenters. The molecule has 20 nitrogen and oxygen atoms in total. The van der Waals surface area contributed by atoms with E-state index in [1.54, 1.807) is 62.4 Å². The van der Waals surface area contributed by atoms with Gasteiger partial charge in [0, 0.05) is 90.6 Å². The molecule has 1 amide bonds. The molecule has 0 fully saturated rings. The van der Waals surface area contributed by atoms with Gasteiger partial charge in [0.2, 0.25) is 5.69 Å². The van der Waals surface area contributed by atoms with Crippen molar-refractivity contribution in [3.8, 4) is 0 Å². The van der Waals surface area contributed by atoms with Gasteiger partial charge in [-0.15, -0.1) is 0 Å². The number of ether oxygens (including phenoxy) is 2. The summed E-state index contributed by atoms with van der Waals surface area (Å²) < 4.78 is 153. The number of amides is 1. The van der Waals surface area contributed by atoms with E-state index in [1.807, 2.05) is 70.1 Å². The topological polar surface area (TPSA) is 311 Å². The maximum Gasteiger partial charge on any atom is 1.00 e. The van der Waals surface area contributed by atoms with Crippen molar-refractivity contribution >= 4 is 99.1 Å². The molecule has 5 aromatic carbocycles. The molecule has 466 valence electrons. The monoisotopic (exact) mass is 1360 g/mol. The van der Waals surface area contributed by atoms with E-state index >= 15 is 0 Å². The third kappa shape index (κ3) is 20.7. The summed E-state index contributed by atoms with van der Waals surface area (Å²) in [6.07, 6.45) is 11.1. The van der Waals surface area contributed by atoms with Crippen LogP contribution < -0.4 is 115 Å². The first-order chi connectivity index (χ1) is 41.1. The van der Waals surface area contributed by atoms with Crippen LogP contribution in [0, 0.1) is 0 Å². The predicted molar refractivity (Wildman–Crippen MR) is 332 cm³/mol. The first-order valence-electron chi connectivity index (χ1n) is 28.1. The van der Waals surface area contributed by atoms with E-state index in [-0.39, 0.29) is 163 Å². The van der Waals surface area contributed by atoms with Crippen molar-refractivity contribution in [3.63, 3.8) is 0 Å². The molecule has 0 aliphatic carbocycles. The molecule has 2 aliphatic heterocycles. The summed E-state index contributed by atoms with van der Waals surface area (Å²) >= 11 is 0. The molecule has 0 radical (unpaired) electrons. The second-order valence-electron chi connectivity index (χ2n) is 21.6. The van der Waals surface area contributed by atoms with Crippen molar-refractivity contribution in [2.24, 2.45) is 0 Å². The van der Waals surface area contributed by atoms with Crippen molar-refractivity contribution in [2.45, 2.75) is 98.7 Å². The van der Waals surface area contributed by atoms with Crippen molar-refractivity contribution in [2.75, 3.05) is 56.9 Å². The number of rotatable bonds is 31. The zero-order valence-electron chi connectivity index (χ0n) is 51.7. The molecule has 0 aromatic heterocycles. The number of carbonyl (C=O) groups is 3. The Balaban J connectivity index is 0.00000577. The van der Waals surface area contributed by atoms with E-state index in [0.717, 1.165) is 10.6 Å². The van der Waals surface area contributed by atoms with Crippen LogP contribution >= 0.6 is 7.92 Å². The number of ketones is 1. The number of hydrogen-bond acceptors (Lipinski definition) is 16. The summed E-state index contributed by atoms with van der Waals surface area (Å²) in [4.78, 5) is 40.9. The molecule has 0 spiro atoms. The fraction of sp³-hybridized carbons (Fsp3) is 0.355. The number of fused-ring (bicyclic) bond motifs is 2. The van der Waals surface area contributed by atoms with E-state index in [2.05, 4.69) is 5.32 Å². The molecule has 28 heteroatoms. The molecule has 0 saturated carbocycles. The number of benzene rings is 5. The van der Waals surface area contributed by atoms with Crippen molar-refractivity contribution in [1.29, 1.82) is 0 Å². The Morgan fingerprint density at radius 1 is 0.678 bits per heavy atom. The third-order valence-electron chi connectivity index (χ3n) is 15.6. The van der Waals surface area contributed by atoms with E-state index < -0.39 is 81.6 Å². The van der Waals surface area contributed by atoms with Crippen molar-refractivity contribution in [3.05, 3.63) is 174 Å². The molecule has 2 unspecified atom stereocenters. The van der Waals surface area contributed by atoms with E-state index in [1.165, 1.54) is 50.6 Å². The third-order valence-corrected chi connectivity index (χ3v) is 21.4. The largest absolute Gasteiger partial charge is 1.00 e. The minimum Gasteiger partial charge on any atom is -0.748 e. The van der Waals surface area contributed by atoms with Crippen LogP contribution in [0.5, 0.6) is 0 Å². The van der Waals surface area contributed by atoms with Gasteiger partial charge in [0.05, 0.1) is 50.4 Å². The van der Waals surface area contributed by atoms with E-state index in [0.29, 0.717) is 82.6 Å². The van der Waals surface area contributed by atoms with Crippen LogP contribution in [0.15, 0.2) is 161 Å². The second-order valence-corrected chi connectivity index (χ2v) is 29.7. The smallest absolute Gasteiger partial charge is 0.748 e. The number of allylic oxidation sites excluding steroid dienone is 6. The molecule has 3 N–H and O–H groups in total. The number of methoxy groups -OCH3 is 2. The predicted octanol–water partition coefficient (Wildman–Crippen LogP) is -1.50. The number of unbranched alkanes of at least 4 members (excludes halogenated alkanes) is 2. The number of carbonyl (C=O) groups excluding carboxylic acids is 3. The Kier molecular flexibility index (Phi) is 30.4. The van der Waals surface area contributed by atoms with Gasteiger partial charge in [-0.25, -0.2) is 21.6 Å². The summed E-state index contributed by atoms with van der Waals surface area (Å²) in [5, 5.41) is 5.53. The summed E-state index contributed by atoms with van der Waals surface area (Å²) in [5.41, 5.74) is 1.71. The average molecular weight is 1360 g/mol. The Morgan fingerprint density at radius 3 is 1.89 bits per heavy atom. The first kappa shape index (κ1) is 78.9. The minimum atomic E-state index is -4.96. The SMILES string of the molecule is COCCN1C(=CC=CC=CC2=[N+](CCCCCC(=O)CCCNC(=O)c3ccc(C(=O)OC)c(P(c4ccccc4)c4ccccc4)c3)c3ccc(S(=O)(=O)[O-])cc3C2(C)CCCS(=O)(=O)[O-])C(C)(CCCS(=O)(=O)O)c2cc(S(=O)(=O)O)ccc21.[Na+].[Na+].[Na+]. The first-order valence-corrected chi connectivity index (χ1v) is 35.5. The molecular formula is C62H71N3Na3O17PS4+2. The molecule has 7 rings (SSSR count). The number of esters is 1. The number of nitrogens with one attached hydrogen (secondary N) is 1. The maximum atomic E-state index is 13.6. The zero-order valence-corrected chi connectivity index (χ0v) is 61.8. The van der Waals surface area contributed by atoms with E-state index in [9.17, 15) is 66.3 Å². The number of Topliss-reactive ketones (excluding diaryl/α,β-unsaturated/α-hetero) is 1. The van der Waals surface area contributed by atoms with Gasteiger partial charge in [-0.05, 0) is 137 Å². The fourth-order valence-corrected chi connectivity index (χ4v) is 15.8. The summed E-state index contributed by atoms with van der Waals surface area (Å²) in [6.45, 7) is 4.62. The van der Waals surface area contributed by atoms with Crippen LogP contribution in [0.3, 0.4) is 0 Å². The van der Waals surface area contributed by atoms with Gasteiger partial charge in [0.15, 0.2) is 5.71 Å². The second kappa shape index (κ2) is 34.7. The molecule has 0 bridgehead atoms. The Hall–Kier alpha value is -3.57. The van der Waals surface area contributed by atoms with Gasteiger partial charge >= 0.3 is 94.6 Å². The molecule has 5 aromatic rings.